The average molecular weight is 247 g/mol. The largest absolute Gasteiger partial charge is 0.496 e. The highest BCUT2D eigenvalue weighted by Gasteiger charge is 2.16. The van der Waals surface area contributed by atoms with Crippen molar-refractivity contribution < 1.29 is 13.9 Å². The van der Waals surface area contributed by atoms with Crippen LogP contribution < -0.4 is 4.74 Å². The maximum absolute atomic E-state index is 12.3. The van der Waals surface area contributed by atoms with Crippen LogP contribution in [0.1, 0.15) is 24.2 Å². The Labute approximate surface area is 106 Å². The Kier molecular flexibility index (Phi) is 3.55. The van der Waals surface area contributed by atoms with E-state index in [-0.39, 0.29) is 5.91 Å². The van der Waals surface area contributed by atoms with Crippen molar-refractivity contribution in [3.63, 3.8) is 0 Å². The number of hydrogen-bond donors (Lipinski definition) is 0. The summed E-state index contributed by atoms with van der Waals surface area (Å²) >= 11 is 0. The molecule has 0 N–H and O–H groups in total. The molecule has 0 fully saturated rings. The summed E-state index contributed by atoms with van der Waals surface area (Å²) in [6.45, 7) is 5.30. The second-order valence-electron chi connectivity index (χ2n) is 3.99. The number of ether oxygens (including phenoxy) is 1. The predicted molar refractivity (Wildman–Crippen MR) is 70.0 cm³/mol. The lowest BCUT2D eigenvalue weighted by Crippen LogP contribution is -2.30. The third kappa shape index (κ3) is 2.06. The van der Waals surface area contributed by atoms with Gasteiger partial charge in [-0.05, 0) is 32.0 Å². The van der Waals surface area contributed by atoms with Crippen LogP contribution in [0.4, 0.5) is 0 Å². The summed E-state index contributed by atoms with van der Waals surface area (Å²) in [7, 11) is 1.59. The summed E-state index contributed by atoms with van der Waals surface area (Å²) in [6.07, 6.45) is 1.60. The van der Waals surface area contributed by atoms with Crippen molar-refractivity contribution in [2.45, 2.75) is 13.8 Å². The number of rotatable bonds is 4. The van der Waals surface area contributed by atoms with Crippen LogP contribution in [0.2, 0.25) is 0 Å². The van der Waals surface area contributed by atoms with Gasteiger partial charge in [-0.25, -0.2) is 0 Å². The molecular weight excluding hydrogens is 230 g/mol. The van der Waals surface area contributed by atoms with Crippen LogP contribution in [0.3, 0.4) is 0 Å². The summed E-state index contributed by atoms with van der Waals surface area (Å²) in [5.74, 6) is 0.661. The molecule has 0 atom stereocenters. The standard InChI is InChI=1S/C14H17NO3/c1-4-15(5-2)14(16)10-8-12(17-3)11-6-7-18-13(11)9-10/h6-9H,4-5H2,1-3H3. The van der Waals surface area contributed by atoms with Crippen molar-refractivity contribution in [3.05, 3.63) is 30.0 Å². The van der Waals surface area contributed by atoms with Crippen molar-refractivity contribution in [1.82, 2.24) is 4.90 Å². The summed E-state index contributed by atoms with van der Waals surface area (Å²) in [5, 5.41) is 0.883. The zero-order valence-corrected chi connectivity index (χ0v) is 10.9. The van der Waals surface area contributed by atoms with Crippen LogP contribution in [0.25, 0.3) is 11.0 Å². The number of amides is 1. The lowest BCUT2D eigenvalue weighted by molar-refractivity contribution is 0.0772. The van der Waals surface area contributed by atoms with Gasteiger partial charge in [-0.3, -0.25) is 4.79 Å². The van der Waals surface area contributed by atoms with E-state index >= 15 is 0 Å². The second kappa shape index (κ2) is 5.12. The Hall–Kier alpha value is -1.97. The smallest absolute Gasteiger partial charge is 0.254 e. The fraction of sp³-hybridized carbons (Fsp3) is 0.357. The molecule has 0 bridgehead atoms. The van der Waals surface area contributed by atoms with Crippen molar-refractivity contribution in [3.8, 4) is 5.75 Å². The number of nitrogens with zero attached hydrogens (tertiary/aromatic N) is 1. The molecule has 2 aromatic rings. The van der Waals surface area contributed by atoms with E-state index in [0.717, 1.165) is 5.39 Å². The van der Waals surface area contributed by atoms with Crippen molar-refractivity contribution in [1.29, 1.82) is 0 Å². The topological polar surface area (TPSA) is 42.7 Å². The predicted octanol–water partition coefficient (Wildman–Crippen LogP) is 2.92. The number of methoxy groups -OCH3 is 1. The first kappa shape index (κ1) is 12.5. The fourth-order valence-corrected chi connectivity index (χ4v) is 2.02. The fourth-order valence-electron chi connectivity index (χ4n) is 2.02. The van der Waals surface area contributed by atoms with Gasteiger partial charge >= 0.3 is 0 Å². The van der Waals surface area contributed by atoms with E-state index in [2.05, 4.69) is 0 Å². The Bertz CT molecular complexity index is 555. The van der Waals surface area contributed by atoms with Gasteiger partial charge in [-0.15, -0.1) is 0 Å². The Balaban J connectivity index is 2.47. The van der Waals surface area contributed by atoms with Gasteiger partial charge in [0.1, 0.15) is 11.3 Å². The maximum atomic E-state index is 12.3. The highest BCUT2D eigenvalue weighted by atomic mass is 16.5. The van der Waals surface area contributed by atoms with Gasteiger partial charge in [-0.2, -0.15) is 0 Å². The van der Waals surface area contributed by atoms with Gasteiger partial charge in [0.2, 0.25) is 0 Å². The highest BCUT2D eigenvalue weighted by molar-refractivity contribution is 5.99. The molecule has 0 radical (unpaired) electrons. The van der Waals surface area contributed by atoms with E-state index in [9.17, 15) is 4.79 Å². The molecule has 0 saturated carbocycles. The second-order valence-corrected chi connectivity index (χ2v) is 3.99. The van der Waals surface area contributed by atoms with Crippen LogP contribution in [-0.2, 0) is 0 Å². The first-order valence-electron chi connectivity index (χ1n) is 6.05. The lowest BCUT2D eigenvalue weighted by Gasteiger charge is -2.18. The van der Waals surface area contributed by atoms with Crippen molar-refractivity contribution >= 4 is 16.9 Å². The first-order chi connectivity index (χ1) is 8.71. The molecule has 4 heteroatoms. The SMILES string of the molecule is CCN(CC)C(=O)c1cc(OC)c2ccoc2c1. The molecule has 1 heterocycles. The molecule has 4 nitrogen and oxygen atoms in total. The molecule has 0 saturated heterocycles. The number of fused-ring (bicyclic) bond motifs is 1. The van der Waals surface area contributed by atoms with Gasteiger partial charge in [-0.1, -0.05) is 0 Å². The molecular formula is C14H17NO3. The molecule has 0 aliphatic rings. The Morgan fingerprint density at radius 2 is 2.06 bits per heavy atom. The minimum atomic E-state index is -0.00315. The summed E-state index contributed by atoms with van der Waals surface area (Å²) in [4.78, 5) is 14.0. The number of carbonyl (C=O) groups excluding carboxylic acids is 1. The van der Waals surface area contributed by atoms with Gasteiger partial charge in [0, 0.05) is 18.7 Å². The maximum Gasteiger partial charge on any atom is 0.254 e. The average Bonchev–Trinajstić information content (AvgIpc) is 2.86. The molecule has 2 rings (SSSR count). The molecule has 18 heavy (non-hydrogen) atoms. The van der Waals surface area contributed by atoms with Crippen LogP contribution in [0.5, 0.6) is 5.75 Å². The minimum absolute atomic E-state index is 0.00315. The third-order valence-electron chi connectivity index (χ3n) is 3.05. The molecule has 1 aromatic carbocycles. The highest BCUT2D eigenvalue weighted by Crippen LogP contribution is 2.28. The zero-order chi connectivity index (χ0) is 13.1. The Morgan fingerprint density at radius 1 is 1.33 bits per heavy atom. The minimum Gasteiger partial charge on any atom is -0.496 e. The first-order valence-corrected chi connectivity index (χ1v) is 6.05. The van der Waals surface area contributed by atoms with E-state index in [1.807, 2.05) is 19.9 Å². The molecule has 0 aliphatic heterocycles. The van der Waals surface area contributed by atoms with Gasteiger partial charge < -0.3 is 14.1 Å². The van der Waals surface area contributed by atoms with E-state index in [1.165, 1.54) is 0 Å². The quantitative estimate of drug-likeness (QED) is 0.834. The monoisotopic (exact) mass is 247 g/mol. The number of carbonyl (C=O) groups is 1. The molecule has 0 spiro atoms. The van der Waals surface area contributed by atoms with Crippen LogP contribution >= 0.6 is 0 Å². The number of hydrogen-bond acceptors (Lipinski definition) is 3. The molecule has 1 amide bonds. The van der Waals surface area contributed by atoms with E-state index in [1.54, 1.807) is 30.4 Å². The van der Waals surface area contributed by atoms with Gasteiger partial charge in [0.15, 0.2) is 0 Å². The van der Waals surface area contributed by atoms with Crippen LogP contribution in [0.15, 0.2) is 28.9 Å². The van der Waals surface area contributed by atoms with Crippen LogP contribution in [0, 0.1) is 0 Å². The van der Waals surface area contributed by atoms with Crippen LogP contribution in [-0.4, -0.2) is 31.0 Å². The molecule has 1 aromatic heterocycles. The normalized spacial score (nSPS) is 10.6. The third-order valence-corrected chi connectivity index (χ3v) is 3.05. The number of benzene rings is 1. The van der Waals surface area contributed by atoms with Gasteiger partial charge in [0.05, 0.1) is 18.8 Å². The van der Waals surface area contributed by atoms with Gasteiger partial charge in [0.25, 0.3) is 5.91 Å². The van der Waals surface area contributed by atoms with E-state index < -0.39 is 0 Å². The van der Waals surface area contributed by atoms with Crippen molar-refractivity contribution in [2.24, 2.45) is 0 Å². The summed E-state index contributed by atoms with van der Waals surface area (Å²) in [6, 6.07) is 5.36. The Morgan fingerprint density at radius 3 is 2.67 bits per heavy atom. The van der Waals surface area contributed by atoms with E-state index in [0.29, 0.717) is 30.0 Å². The lowest BCUT2D eigenvalue weighted by atomic mass is 10.1. The molecule has 0 unspecified atom stereocenters. The molecule has 0 aliphatic carbocycles. The van der Waals surface area contributed by atoms with Crippen molar-refractivity contribution in [2.75, 3.05) is 20.2 Å². The molecule has 96 valence electrons. The zero-order valence-electron chi connectivity index (χ0n) is 10.9. The summed E-state index contributed by atoms with van der Waals surface area (Å²) < 4.78 is 10.6. The number of furan rings is 1. The van der Waals surface area contributed by atoms with E-state index in [4.69, 9.17) is 9.15 Å². The summed E-state index contributed by atoms with van der Waals surface area (Å²) in [5.41, 5.74) is 1.27.